The number of aromatic amines is 2. The highest BCUT2D eigenvalue weighted by Crippen LogP contribution is 2.37. The maximum Gasteiger partial charge on any atom is 0.419 e. The molecule has 0 saturated heterocycles. The second kappa shape index (κ2) is 37.9. The molecule has 0 fully saturated rings. The summed E-state index contributed by atoms with van der Waals surface area (Å²) in [5.74, 6) is 2.52. The van der Waals surface area contributed by atoms with Gasteiger partial charge in [0, 0.05) is 96.1 Å². The molecule has 0 spiro atoms. The fraction of sp³-hybridized carbons (Fsp3) is 0.169. The average molecular weight is 1610 g/mol. The summed E-state index contributed by atoms with van der Waals surface area (Å²) in [4.78, 5) is 95.1. The second-order valence-electron chi connectivity index (χ2n) is 26.1. The van der Waals surface area contributed by atoms with E-state index in [1.165, 1.54) is 52.9 Å². The zero-order valence-electron chi connectivity index (χ0n) is 61.0. The molecule has 4 aromatic carbocycles. The van der Waals surface area contributed by atoms with Crippen LogP contribution in [-0.4, -0.2) is 110 Å². The third-order valence-electron chi connectivity index (χ3n) is 13.7. The minimum absolute atomic E-state index is 0.0607. The highest BCUT2D eigenvalue weighted by atomic mass is 35.5. The van der Waals surface area contributed by atoms with Gasteiger partial charge in [0.25, 0.3) is 0 Å². The van der Waals surface area contributed by atoms with Crippen molar-refractivity contribution in [3.05, 3.63) is 252 Å². The first-order chi connectivity index (χ1) is 53.1. The summed E-state index contributed by atoms with van der Waals surface area (Å²) in [5.41, 5.74) is 9.66. The van der Waals surface area contributed by atoms with Crippen LogP contribution in [0.15, 0.2) is 226 Å². The normalized spacial score (nSPS) is 11.0. The number of nitrogens with zero attached hydrogens (tertiary/aromatic N) is 12. The molecule has 0 bridgehead atoms. The van der Waals surface area contributed by atoms with Crippen molar-refractivity contribution in [2.45, 2.75) is 85.3 Å². The van der Waals surface area contributed by atoms with Crippen molar-refractivity contribution in [3.63, 3.8) is 0 Å². The van der Waals surface area contributed by atoms with Crippen molar-refractivity contribution in [1.29, 1.82) is 0 Å². The van der Waals surface area contributed by atoms with Crippen LogP contribution >= 0.6 is 46.4 Å². The highest BCUT2D eigenvalue weighted by Gasteiger charge is 2.34. The first-order valence-corrected chi connectivity index (χ1v) is 34.9. The van der Waals surface area contributed by atoms with Crippen LogP contribution in [0.3, 0.4) is 0 Å². The van der Waals surface area contributed by atoms with Gasteiger partial charge >= 0.3 is 30.5 Å². The number of aromatic nitrogens is 14. The second-order valence-corrected chi connectivity index (χ2v) is 27.7. The molecule has 9 aromatic heterocycles. The summed E-state index contributed by atoms with van der Waals surface area (Å²) in [7, 11) is 0. The van der Waals surface area contributed by atoms with Crippen molar-refractivity contribution in [2.75, 3.05) is 21.7 Å². The number of carbonyl (C=O) groups excluding carboxylic acids is 4. The maximum atomic E-state index is 13.0. The maximum absolute atomic E-state index is 13.0. The quantitative estimate of drug-likeness (QED) is 0.0355. The number of carbonyl (C=O) groups is 4. The number of ether oxygens (including phenoxy) is 6. The largest absolute Gasteiger partial charge is 0.444 e. The van der Waals surface area contributed by atoms with E-state index in [-0.39, 0.29) is 17.4 Å². The monoisotopic (exact) mass is 1600 g/mol. The van der Waals surface area contributed by atoms with Gasteiger partial charge in [-0.15, -0.1) is 0 Å². The first kappa shape index (κ1) is 83.1. The summed E-state index contributed by atoms with van der Waals surface area (Å²) >= 11 is 22.2. The minimum atomic E-state index is -4.64. The third-order valence-corrected chi connectivity index (χ3v) is 14.7. The van der Waals surface area contributed by atoms with Crippen molar-refractivity contribution in [1.82, 2.24) is 68.9 Å². The Hall–Kier alpha value is -13.0. The Morgan fingerprint density at radius 3 is 1.23 bits per heavy atom. The number of hydrogen-bond donors (Lipinski definition) is 6. The molecule has 0 atom stereocenters. The summed E-state index contributed by atoms with van der Waals surface area (Å²) in [6.07, 6.45) is 7.52. The number of alkyl halides is 3. The third kappa shape index (κ3) is 26.7. The van der Waals surface area contributed by atoms with Gasteiger partial charge in [0.2, 0.25) is 17.6 Å². The molecular weight excluding hydrogens is 1540 g/mol. The van der Waals surface area contributed by atoms with E-state index in [4.69, 9.17) is 80.6 Å². The lowest BCUT2D eigenvalue weighted by atomic mass is 10.2. The lowest BCUT2D eigenvalue weighted by Gasteiger charge is -2.20. The van der Waals surface area contributed by atoms with Crippen LogP contribution in [-0.2, 0) is 20.4 Å². The summed E-state index contributed by atoms with van der Waals surface area (Å²) in [5, 5.41) is 8.15. The Morgan fingerprint density at radius 1 is 0.411 bits per heavy atom. The molecule has 0 aliphatic rings. The zero-order chi connectivity index (χ0) is 80.8. The van der Waals surface area contributed by atoms with Gasteiger partial charge in [-0.1, -0.05) is 64.6 Å². The average Bonchev–Trinajstić information content (AvgIpc) is 1.55. The Morgan fingerprint density at radius 2 is 0.812 bits per heavy atom. The van der Waals surface area contributed by atoms with E-state index in [0.717, 1.165) is 29.2 Å². The molecule has 0 saturated carbocycles. The predicted molar refractivity (Wildman–Crippen MR) is 418 cm³/mol. The number of nitrogens with two attached hydrogens (primary N) is 1. The molecule has 0 radical (unpaired) electrons. The molecule has 0 aliphatic heterocycles. The van der Waals surface area contributed by atoms with Gasteiger partial charge in [-0.2, -0.15) is 13.2 Å². The fourth-order valence-electron chi connectivity index (χ4n) is 9.26. The van der Waals surface area contributed by atoms with Crippen LogP contribution in [0.1, 0.15) is 67.9 Å². The molecule has 13 aromatic rings. The molecule has 35 heteroatoms. The van der Waals surface area contributed by atoms with Gasteiger partial charge in [0.1, 0.15) is 81.1 Å². The Bertz CT molecular complexity index is 5310. The minimum Gasteiger partial charge on any atom is -0.444 e. The molecule has 7 N–H and O–H groups in total. The van der Waals surface area contributed by atoms with Gasteiger partial charge in [0.05, 0.1) is 56.1 Å². The SMILES string of the molecule is CC(C)(C)OC(=O)Nc1cccc(Oc2cc(-c3cccn3C(=O)OC(C)(C)C)ncn2)c1.CC(C)(C)OC(=O)n1cccc1-c1cc(Cl)ncn1.Clc1cc(Cl)ncn1.Nc1cccc(Oc2cc(-c3ccc[nH]3)ncn2)c1.O=C(Nc1cccc(Oc2cc(-c3ccc[nH]3)ncn2)c1)Nc1ccc(Cl)c(C(F)(F)F)c1. The van der Waals surface area contributed by atoms with E-state index < -0.39 is 57.9 Å². The van der Waals surface area contributed by atoms with Gasteiger partial charge in [-0.3, -0.25) is 14.5 Å². The summed E-state index contributed by atoms with van der Waals surface area (Å²) in [6.45, 7) is 16.2. The Balaban J connectivity index is 0.000000170. The number of halogens is 7. The van der Waals surface area contributed by atoms with E-state index in [9.17, 15) is 32.3 Å². The molecule has 28 nitrogen and oxygen atoms in total. The van der Waals surface area contributed by atoms with Crippen LogP contribution in [0.25, 0.3) is 45.6 Å². The molecule has 9 heterocycles. The smallest absolute Gasteiger partial charge is 0.419 e. The van der Waals surface area contributed by atoms with Crippen LogP contribution in [0.2, 0.25) is 20.5 Å². The van der Waals surface area contributed by atoms with Gasteiger partial charge in [-0.25, -0.2) is 69.0 Å². The predicted octanol–water partition coefficient (Wildman–Crippen LogP) is 20.5. The topological polar surface area (TPSA) is 356 Å². The number of nitrogens with one attached hydrogen (secondary N) is 5. The molecule has 0 aliphatic carbocycles. The molecule has 578 valence electrons. The number of urea groups is 1. The van der Waals surface area contributed by atoms with Crippen molar-refractivity contribution in [2.24, 2.45) is 0 Å². The lowest BCUT2D eigenvalue weighted by molar-refractivity contribution is -0.137. The Labute approximate surface area is 659 Å². The number of anilines is 4. The highest BCUT2D eigenvalue weighted by molar-refractivity contribution is 6.33. The van der Waals surface area contributed by atoms with Crippen molar-refractivity contribution >= 4 is 93.5 Å². The lowest BCUT2D eigenvalue weighted by Crippen LogP contribution is -2.27. The van der Waals surface area contributed by atoms with Crippen LogP contribution in [0.5, 0.6) is 34.9 Å². The number of rotatable bonds is 13. The number of amides is 3. The fourth-order valence-corrected chi connectivity index (χ4v) is 9.98. The summed E-state index contributed by atoms with van der Waals surface area (Å²) < 4.78 is 75.1. The number of H-pyrrole nitrogens is 2. The molecule has 112 heavy (non-hydrogen) atoms. The number of hydrogen-bond acceptors (Lipinski definition) is 21. The molecule has 13 rings (SSSR count). The van der Waals surface area contributed by atoms with E-state index in [1.54, 1.807) is 169 Å². The zero-order valence-corrected chi connectivity index (χ0v) is 64.1. The van der Waals surface area contributed by atoms with Crippen LogP contribution in [0.4, 0.5) is 55.1 Å². The van der Waals surface area contributed by atoms with E-state index >= 15 is 0 Å². The Kier molecular flexibility index (Phi) is 28.1. The first-order valence-electron chi connectivity index (χ1n) is 33.3. The molecule has 0 unspecified atom stereocenters. The van der Waals surface area contributed by atoms with E-state index in [2.05, 4.69) is 75.8 Å². The summed E-state index contributed by atoms with van der Waals surface area (Å²) in [6, 6.07) is 45.5. The van der Waals surface area contributed by atoms with Gasteiger partial charge in [-0.05, 0) is 165 Å². The van der Waals surface area contributed by atoms with Crippen molar-refractivity contribution < 1.29 is 60.8 Å². The number of benzene rings is 4. The van der Waals surface area contributed by atoms with Crippen LogP contribution in [0, 0.1) is 0 Å². The standard InChI is InChI=1S/C24H28N4O5.C22H15ClF3N5O2.C14H12N4O.C13H14ClN3O2.C4H2Cl2N2/c1-23(2,3)32-21(29)27-16-9-7-10-17(13-16)31-20-14-18(25-15-26-20)19-11-8-12-28(19)22(30)33-24(4,5)6;23-17-7-6-14(10-16(17)22(24,25)26)31-21(32)30-13-3-1-4-15(9-13)33-20-11-19(28-12-29-20)18-5-2-8-27-18;15-10-3-1-4-11(7-10)19-14-8-13(17-9-18-14)12-5-2-6-16-12;1-13(2,3)19-12(18)17-6-4-5-10(17)9-7-11(14)16-8-15-9;5-3-1-4(6)8-2-7-3/h7-15H,1-6H3,(H,27,29);1-12,27H,(H2,30,31,32);1-9,16H,15H2;4-8H,1-3H3;1-2H. The number of nitrogen functional groups attached to an aromatic ring is 1. The van der Waals surface area contributed by atoms with E-state index in [0.29, 0.717) is 84.1 Å². The van der Waals surface area contributed by atoms with Crippen LogP contribution < -0.4 is 35.9 Å². The van der Waals surface area contributed by atoms with Gasteiger partial charge in [0.15, 0.2) is 0 Å². The van der Waals surface area contributed by atoms with Gasteiger partial charge < -0.3 is 54.8 Å². The molecular formula is C77H71Cl4F3N18O10. The molecule has 3 amide bonds. The van der Waals surface area contributed by atoms with E-state index in [1.807, 2.05) is 63.4 Å². The van der Waals surface area contributed by atoms with Crippen molar-refractivity contribution in [3.8, 4) is 80.4 Å².